The molecule has 0 fully saturated rings. The van der Waals surface area contributed by atoms with Crippen LogP contribution in [0.4, 0.5) is 0 Å². The molecule has 0 spiro atoms. The van der Waals surface area contributed by atoms with E-state index in [-0.39, 0.29) is 25.2 Å². The molecule has 0 aromatic carbocycles. The summed E-state index contributed by atoms with van der Waals surface area (Å²) in [4.78, 5) is 24.7. The van der Waals surface area contributed by atoms with E-state index in [0.29, 0.717) is 12.8 Å². The van der Waals surface area contributed by atoms with Crippen molar-refractivity contribution < 1.29 is 24.2 Å². The number of aliphatic hydroxyl groups is 1. The Morgan fingerprint density at radius 1 is 0.279 bits per heavy atom. The highest BCUT2D eigenvalue weighted by Gasteiger charge is 2.16. The van der Waals surface area contributed by atoms with E-state index in [1.807, 2.05) is 0 Å². The minimum atomic E-state index is -0.784. The van der Waals surface area contributed by atoms with Gasteiger partial charge in [-0.25, -0.2) is 0 Å². The van der Waals surface area contributed by atoms with Crippen molar-refractivity contribution in [3.8, 4) is 0 Å². The van der Waals surface area contributed by atoms with Gasteiger partial charge in [0, 0.05) is 12.8 Å². The number of allylic oxidation sites excluding steroid dienone is 22. The molecule has 0 aliphatic carbocycles. The minimum absolute atomic E-state index is 0.0714. The van der Waals surface area contributed by atoms with Crippen LogP contribution in [0.3, 0.4) is 0 Å². The summed E-state index contributed by atoms with van der Waals surface area (Å²) in [5.41, 5.74) is 0. The summed E-state index contributed by atoms with van der Waals surface area (Å²) in [6.45, 7) is 4.04. The first-order valence-corrected chi connectivity index (χ1v) is 36.7. The van der Waals surface area contributed by atoms with E-state index in [4.69, 9.17) is 9.47 Å². The van der Waals surface area contributed by atoms with Crippen molar-refractivity contribution in [3.05, 3.63) is 134 Å². The van der Waals surface area contributed by atoms with Gasteiger partial charge in [0.2, 0.25) is 0 Å². The van der Waals surface area contributed by atoms with Gasteiger partial charge in [0.15, 0.2) is 6.10 Å². The van der Waals surface area contributed by atoms with Crippen molar-refractivity contribution in [2.45, 2.75) is 354 Å². The molecule has 0 saturated carbocycles. The van der Waals surface area contributed by atoms with Crippen LogP contribution in [0.1, 0.15) is 348 Å². The average Bonchev–Trinajstić information content (AvgIpc) is 3.53. The molecule has 492 valence electrons. The lowest BCUT2D eigenvalue weighted by atomic mass is 10.0. The first kappa shape index (κ1) is 82.0. The fourth-order valence-electron chi connectivity index (χ4n) is 10.5. The quantitative estimate of drug-likeness (QED) is 0.0373. The number of hydrogen-bond donors (Lipinski definition) is 1. The van der Waals surface area contributed by atoms with Crippen molar-refractivity contribution in [2.75, 3.05) is 13.2 Å². The topological polar surface area (TPSA) is 72.8 Å². The Bertz CT molecular complexity index is 1730. The Balaban J connectivity index is 3.49. The second-order valence-corrected chi connectivity index (χ2v) is 24.3. The molecule has 0 amide bonds. The number of rotatable bonds is 67. The Morgan fingerprint density at radius 3 is 0.756 bits per heavy atom. The van der Waals surface area contributed by atoms with Crippen LogP contribution in [-0.4, -0.2) is 36.4 Å². The standard InChI is InChI=1S/C81H138O5/c1-3-5-7-9-11-13-15-17-19-21-23-25-27-29-31-33-35-37-39-40-42-44-46-48-50-52-54-56-58-60-62-64-66-68-70-72-74-76-81(84)86-79(77-82)78-85-80(83)75-73-71-69-67-65-63-61-59-57-55-53-51-49-47-45-43-41-38-36-34-32-30-28-26-24-22-20-18-16-14-12-10-8-6-4-2/h5,7,11,13,16-19,22-25,29,31,35,37,40,42,46,48,52,54,79,82H,3-4,6,8-10,12,14-15,20-21,26-28,30,32-34,36,38-39,41,43-45,47,49-51,53,55-78H2,1-2H3/b7-5-,13-11-,18-16-,19-17-,24-22-,25-23-,31-29-,37-35-,42-40-,48-46-,54-52-. The number of unbranched alkanes of at least 4 members (excludes halogenated alkanes) is 37. The summed E-state index contributed by atoms with van der Waals surface area (Å²) >= 11 is 0. The van der Waals surface area contributed by atoms with Crippen LogP contribution in [0.2, 0.25) is 0 Å². The van der Waals surface area contributed by atoms with E-state index < -0.39 is 6.10 Å². The van der Waals surface area contributed by atoms with Crippen molar-refractivity contribution in [2.24, 2.45) is 0 Å². The maximum Gasteiger partial charge on any atom is 0.306 e. The lowest BCUT2D eigenvalue weighted by molar-refractivity contribution is -0.161. The number of carbonyl (C=O) groups excluding carboxylic acids is 2. The molecular weight excluding hydrogens is 1050 g/mol. The number of ether oxygens (including phenoxy) is 2. The Labute approximate surface area is 534 Å². The second kappa shape index (κ2) is 75.3. The van der Waals surface area contributed by atoms with Crippen molar-refractivity contribution in [1.29, 1.82) is 0 Å². The predicted molar refractivity (Wildman–Crippen MR) is 380 cm³/mol. The highest BCUT2D eigenvalue weighted by Crippen LogP contribution is 2.18. The van der Waals surface area contributed by atoms with Gasteiger partial charge < -0.3 is 14.6 Å². The van der Waals surface area contributed by atoms with Gasteiger partial charge in [-0.2, -0.15) is 0 Å². The summed E-state index contributed by atoms with van der Waals surface area (Å²) in [7, 11) is 0. The molecule has 0 rings (SSSR count). The van der Waals surface area contributed by atoms with Crippen molar-refractivity contribution in [1.82, 2.24) is 0 Å². The molecule has 0 aliphatic rings. The van der Waals surface area contributed by atoms with Crippen LogP contribution >= 0.6 is 0 Å². The van der Waals surface area contributed by atoms with Crippen LogP contribution in [0.5, 0.6) is 0 Å². The predicted octanol–water partition coefficient (Wildman–Crippen LogP) is 25.9. The van der Waals surface area contributed by atoms with Crippen molar-refractivity contribution in [3.63, 3.8) is 0 Å². The summed E-state index contributed by atoms with van der Waals surface area (Å²) in [6.07, 6.45) is 112. The van der Waals surface area contributed by atoms with Crippen LogP contribution < -0.4 is 0 Å². The zero-order valence-corrected chi connectivity index (χ0v) is 56.5. The monoisotopic (exact) mass is 1190 g/mol. The summed E-state index contributed by atoms with van der Waals surface area (Å²) in [5.74, 6) is -0.590. The molecule has 1 N–H and O–H groups in total. The van der Waals surface area contributed by atoms with Gasteiger partial charge in [-0.1, -0.05) is 353 Å². The van der Waals surface area contributed by atoms with Crippen LogP contribution in [0.15, 0.2) is 134 Å². The van der Waals surface area contributed by atoms with Gasteiger partial charge in [0.05, 0.1) is 6.61 Å². The molecule has 0 saturated heterocycles. The minimum Gasteiger partial charge on any atom is -0.462 e. The summed E-state index contributed by atoms with van der Waals surface area (Å²) in [6, 6.07) is 0. The van der Waals surface area contributed by atoms with E-state index in [1.54, 1.807) is 0 Å². The molecule has 0 bridgehead atoms. The third kappa shape index (κ3) is 72.5. The Hall–Kier alpha value is -3.96. The molecule has 1 unspecified atom stereocenters. The fraction of sp³-hybridized carbons (Fsp3) is 0.704. The highest BCUT2D eigenvalue weighted by molar-refractivity contribution is 5.70. The third-order valence-corrected chi connectivity index (χ3v) is 15.9. The van der Waals surface area contributed by atoms with Gasteiger partial charge in [0.25, 0.3) is 0 Å². The molecule has 1 atom stereocenters. The largest absolute Gasteiger partial charge is 0.462 e. The van der Waals surface area contributed by atoms with Crippen LogP contribution in [-0.2, 0) is 19.1 Å². The van der Waals surface area contributed by atoms with E-state index in [9.17, 15) is 14.7 Å². The number of aliphatic hydroxyl groups excluding tert-OH is 1. The first-order chi connectivity index (χ1) is 42.6. The zero-order valence-electron chi connectivity index (χ0n) is 56.5. The molecule has 0 heterocycles. The molecule has 86 heavy (non-hydrogen) atoms. The maximum atomic E-state index is 12.4. The normalized spacial score (nSPS) is 13.0. The average molecular weight is 1190 g/mol. The molecule has 0 aromatic heterocycles. The van der Waals surface area contributed by atoms with Gasteiger partial charge in [-0.05, 0) is 116 Å². The smallest absolute Gasteiger partial charge is 0.306 e. The summed E-state index contributed by atoms with van der Waals surface area (Å²) in [5, 5.41) is 9.71. The molecule has 5 nitrogen and oxygen atoms in total. The zero-order chi connectivity index (χ0) is 61.9. The van der Waals surface area contributed by atoms with Crippen molar-refractivity contribution >= 4 is 11.9 Å². The number of carbonyl (C=O) groups is 2. The molecular formula is C81H138O5. The second-order valence-electron chi connectivity index (χ2n) is 24.3. The van der Waals surface area contributed by atoms with Gasteiger partial charge in [-0.15, -0.1) is 0 Å². The van der Waals surface area contributed by atoms with Gasteiger partial charge >= 0.3 is 11.9 Å². The fourth-order valence-corrected chi connectivity index (χ4v) is 10.5. The Morgan fingerprint density at radius 2 is 0.500 bits per heavy atom. The summed E-state index contributed by atoms with van der Waals surface area (Å²) < 4.78 is 10.8. The first-order valence-electron chi connectivity index (χ1n) is 36.7. The SMILES string of the molecule is CC/C=C\C/C=C\C/C=C\C/C=C\C/C=C\C/C=C\C/C=C\C/C=C\C/C=C\CCCCCCCCCCCC(=O)OC(CO)COC(=O)CCCCCCCCCCCCCCCCCCCCCCCCC/C=C\C/C=C\CCCCCCC. The third-order valence-electron chi connectivity index (χ3n) is 15.9. The van der Waals surface area contributed by atoms with E-state index in [1.165, 1.54) is 212 Å². The van der Waals surface area contributed by atoms with Gasteiger partial charge in [0.1, 0.15) is 6.61 Å². The lowest BCUT2D eigenvalue weighted by Crippen LogP contribution is -2.28. The lowest BCUT2D eigenvalue weighted by Gasteiger charge is -2.15. The molecule has 0 radical (unpaired) electrons. The van der Waals surface area contributed by atoms with Crippen LogP contribution in [0, 0.1) is 0 Å². The highest BCUT2D eigenvalue weighted by atomic mass is 16.6. The van der Waals surface area contributed by atoms with Crippen LogP contribution in [0.25, 0.3) is 0 Å². The van der Waals surface area contributed by atoms with Gasteiger partial charge in [-0.3, -0.25) is 9.59 Å². The van der Waals surface area contributed by atoms with E-state index >= 15 is 0 Å². The van der Waals surface area contributed by atoms with E-state index in [0.717, 1.165) is 109 Å². The Kier molecular flexibility index (Phi) is 71.8. The number of esters is 2. The maximum absolute atomic E-state index is 12.4. The molecule has 0 aliphatic heterocycles. The number of hydrogen-bond acceptors (Lipinski definition) is 5. The van der Waals surface area contributed by atoms with E-state index in [2.05, 4.69) is 148 Å². The molecule has 0 aromatic rings. The molecule has 5 heteroatoms.